The fourth-order valence-corrected chi connectivity index (χ4v) is 2.54. The molecule has 4 nitrogen and oxygen atoms in total. The molecular formula is C17H19N3O. The number of phenols is 1. The first-order valence-corrected chi connectivity index (χ1v) is 7.13. The predicted molar refractivity (Wildman–Crippen MR) is 84.2 cm³/mol. The molecule has 21 heavy (non-hydrogen) atoms. The van der Waals surface area contributed by atoms with Crippen LogP contribution in [0.25, 0.3) is 10.8 Å². The number of fused-ring (bicyclic) bond motifs is 1. The van der Waals surface area contributed by atoms with Gasteiger partial charge in [0.05, 0.1) is 5.69 Å². The number of aromatic nitrogens is 2. The molecule has 3 rings (SSSR count). The number of benzene rings is 2. The summed E-state index contributed by atoms with van der Waals surface area (Å²) in [5, 5.41) is 20.1. The van der Waals surface area contributed by atoms with Gasteiger partial charge < -0.3 is 10.4 Å². The van der Waals surface area contributed by atoms with Gasteiger partial charge in [0.2, 0.25) is 0 Å². The molecule has 1 aromatic heterocycles. The maximum absolute atomic E-state index is 10.1. The van der Waals surface area contributed by atoms with Crippen molar-refractivity contribution in [2.24, 2.45) is 7.05 Å². The largest absolute Gasteiger partial charge is 0.508 e. The van der Waals surface area contributed by atoms with Gasteiger partial charge in [-0.1, -0.05) is 30.3 Å². The molecule has 2 aromatic carbocycles. The molecular weight excluding hydrogens is 262 g/mol. The Bertz CT molecular complexity index is 749. The van der Waals surface area contributed by atoms with Gasteiger partial charge in [-0.3, -0.25) is 4.68 Å². The second-order valence-corrected chi connectivity index (χ2v) is 5.19. The van der Waals surface area contributed by atoms with Crippen molar-refractivity contribution in [2.75, 3.05) is 6.54 Å². The Balaban J connectivity index is 1.66. The molecule has 0 bridgehead atoms. The lowest BCUT2D eigenvalue weighted by Gasteiger charge is -2.10. The minimum atomic E-state index is 0.346. The lowest BCUT2D eigenvalue weighted by Crippen LogP contribution is -2.17. The van der Waals surface area contributed by atoms with E-state index >= 15 is 0 Å². The van der Waals surface area contributed by atoms with E-state index in [-0.39, 0.29) is 0 Å². The molecule has 0 spiro atoms. The topological polar surface area (TPSA) is 50.1 Å². The van der Waals surface area contributed by atoms with Crippen LogP contribution in [0.4, 0.5) is 0 Å². The second-order valence-electron chi connectivity index (χ2n) is 5.19. The van der Waals surface area contributed by atoms with Crippen molar-refractivity contribution >= 4 is 10.8 Å². The van der Waals surface area contributed by atoms with Crippen molar-refractivity contribution in [3.8, 4) is 5.75 Å². The van der Waals surface area contributed by atoms with E-state index in [0.29, 0.717) is 12.3 Å². The van der Waals surface area contributed by atoms with E-state index in [1.165, 1.54) is 0 Å². The molecule has 0 aliphatic heterocycles. The zero-order valence-corrected chi connectivity index (χ0v) is 12.1. The van der Waals surface area contributed by atoms with Gasteiger partial charge in [-0.15, -0.1) is 0 Å². The first kappa shape index (κ1) is 13.6. The molecule has 108 valence electrons. The van der Waals surface area contributed by atoms with Crippen LogP contribution >= 0.6 is 0 Å². The van der Waals surface area contributed by atoms with Crippen molar-refractivity contribution in [3.63, 3.8) is 0 Å². The maximum Gasteiger partial charge on any atom is 0.120 e. The molecule has 3 aromatic rings. The number of hydrogen-bond donors (Lipinski definition) is 2. The van der Waals surface area contributed by atoms with E-state index in [9.17, 15) is 5.11 Å². The summed E-state index contributed by atoms with van der Waals surface area (Å²) in [6, 6.07) is 13.9. The molecule has 0 radical (unpaired) electrons. The SMILES string of the molecule is Cn1ccc(CCNCc2c(O)ccc3ccccc23)n1. The van der Waals surface area contributed by atoms with Crippen LogP contribution in [0.2, 0.25) is 0 Å². The molecule has 0 unspecified atom stereocenters. The van der Waals surface area contributed by atoms with Crippen LogP contribution in [0.1, 0.15) is 11.3 Å². The van der Waals surface area contributed by atoms with E-state index < -0.39 is 0 Å². The fraction of sp³-hybridized carbons (Fsp3) is 0.235. The number of rotatable bonds is 5. The standard InChI is InChI=1S/C17H19N3O/c1-20-11-9-14(19-20)8-10-18-12-16-15-5-3-2-4-13(15)6-7-17(16)21/h2-7,9,11,18,21H,8,10,12H2,1H3. The molecule has 0 aliphatic rings. The van der Waals surface area contributed by atoms with Crippen molar-refractivity contribution < 1.29 is 5.11 Å². The van der Waals surface area contributed by atoms with E-state index in [2.05, 4.69) is 16.5 Å². The van der Waals surface area contributed by atoms with E-state index in [4.69, 9.17) is 0 Å². The summed E-state index contributed by atoms with van der Waals surface area (Å²) < 4.78 is 1.81. The smallest absolute Gasteiger partial charge is 0.120 e. The molecule has 0 fully saturated rings. The predicted octanol–water partition coefficient (Wildman–Crippen LogP) is 2.61. The van der Waals surface area contributed by atoms with Gasteiger partial charge in [0.15, 0.2) is 0 Å². The van der Waals surface area contributed by atoms with Crippen LogP contribution in [0, 0.1) is 0 Å². The van der Waals surface area contributed by atoms with Gasteiger partial charge in [0.1, 0.15) is 5.75 Å². The van der Waals surface area contributed by atoms with E-state index in [0.717, 1.165) is 35.0 Å². The molecule has 0 saturated heterocycles. The quantitative estimate of drug-likeness (QED) is 0.707. The van der Waals surface area contributed by atoms with Crippen molar-refractivity contribution in [3.05, 3.63) is 59.9 Å². The highest BCUT2D eigenvalue weighted by atomic mass is 16.3. The number of phenolic OH excluding ortho intramolecular Hbond substituents is 1. The van der Waals surface area contributed by atoms with Crippen LogP contribution in [0.15, 0.2) is 48.7 Å². The molecule has 0 saturated carbocycles. The minimum Gasteiger partial charge on any atom is -0.508 e. The van der Waals surface area contributed by atoms with Gasteiger partial charge in [-0.05, 0) is 22.9 Å². The molecule has 1 heterocycles. The first-order valence-electron chi connectivity index (χ1n) is 7.13. The van der Waals surface area contributed by atoms with Gasteiger partial charge in [-0.25, -0.2) is 0 Å². The van der Waals surface area contributed by atoms with Gasteiger partial charge in [-0.2, -0.15) is 5.10 Å². The first-order chi connectivity index (χ1) is 10.2. The number of nitrogens with one attached hydrogen (secondary N) is 1. The zero-order chi connectivity index (χ0) is 14.7. The monoisotopic (exact) mass is 281 g/mol. The normalized spacial score (nSPS) is 11.1. The summed E-state index contributed by atoms with van der Waals surface area (Å²) >= 11 is 0. The lowest BCUT2D eigenvalue weighted by atomic mass is 10.0. The highest BCUT2D eigenvalue weighted by molar-refractivity contribution is 5.87. The molecule has 0 aliphatic carbocycles. The zero-order valence-electron chi connectivity index (χ0n) is 12.1. The number of hydrogen-bond acceptors (Lipinski definition) is 3. The second kappa shape index (κ2) is 5.97. The van der Waals surface area contributed by atoms with Gasteiger partial charge in [0, 0.05) is 38.3 Å². The number of nitrogens with zero attached hydrogens (tertiary/aromatic N) is 2. The van der Waals surface area contributed by atoms with Crippen LogP contribution in [0.3, 0.4) is 0 Å². The Hall–Kier alpha value is -2.33. The third-order valence-electron chi connectivity index (χ3n) is 3.64. The Morgan fingerprint density at radius 3 is 2.81 bits per heavy atom. The highest BCUT2D eigenvalue weighted by Gasteiger charge is 2.06. The average Bonchev–Trinajstić information content (AvgIpc) is 2.91. The maximum atomic E-state index is 10.1. The van der Waals surface area contributed by atoms with Crippen molar-refractivity contribution in [1.82, 2.24) is 15.1 Å². The van der Waals surface area contributed by atoms with E-state index in [1.54, 1.807) is 6.07 Å². The average molecular weight is 281 g/mol. The molecule has 0 atom stereocenters. The lowest BCUT2D eigenvalue weighted by molar-refractivity contribution is 0.466. The molecule has 2 N–H and O–H groups in total. The third kappa shape index (κ3) is 3.06. The fourth-order valence-electron chi connectivity index (χ4n) is 2.54. The summed E-state index contributed by atoms with van der Waals surface area (Å²) in [5.74, 6) is 0.346. The van der Waals surface area contributed by atoms with E-state index in [1.807, 2.05) is 48.3 Å². The summed E-state index contributed by atoms with van der Waals surface area (Å²) in [4.78, 5) is 0. The minimum absolute atomic E-state index is 0.346. The summed E-state index contributed by atoms with van der Waals surface area (Å²) in [6.07, 6.45) is 2.83. The van der Waals surface area contributed by atoms with Crippen LogP contribution in [-0.4, -0.2) is 21.4 Å². The Kier molecular flexibility index (Phi) is 3.88. The van der Waals surface area contributed by atoms with Crippen LogP contribution < -0.4 is 5.32 Å². The van der Waals surface area contributed by atoms with Crippen LogP contribution in [-0.2, 0) is 20.0 Å². The summed E-state index contributed by atoms with van der Waals surface area (Å²) in [7, 11) is 1.92. The number of aromatic hydroxyl groups is 1. The Morgan fingerprint density at radius 2 is 2.00 bits per heavy atom. The summed E-state index contributed by atoms with van der Waals surface area (Å²) in [6.45, 7) is 1.49. The summed E-state index contributed by atoms with van der Waals surface area (Å²) in [5.41, 5.74) is 2.03. The van der Waals surface area contributed by atoms with Gasteiger partial charge >= 0.3 is 0 Å². The molecule has 4 heteroatoms. The number of aryl methyl sites for hydroxylation is 1. The molecule has 0 amide bonds. The van der Waals surface area contributed by atoms with Crippen molar-refractivity contribution in [1.29, 1.82) is 0 Å². The third-order valence-corrected chi connectivity index (χ3v) is 3.64. The Labute approximate surface area is 124 Å². The Morgan fingerprint density at radius 1 is 1.14 bits per heavy atom. The van der Waals surface area contributed by atoms with Gasteiger partial charge in [0.25, 0.3) is 0 Å². The van der Waals surface area contributed by atoms with Crippen LogP contribution in [0.5, 0.6) is 5.75 Å². The van der Waals surface area contributed by atoms with Crippen molar-refractivity contribution in [2.45, 2.75) is 13.0 Å². The highest BCUT2D eigenvalue weighted by Crippen LogP contribution is 2.26.